The highest BCUT2D eigenvalue weighted by Gasteiger charge is 2.70. The van der Waals surface area contributed by atoms with Gasteiger partial charge in [-0.3, -0.25) is 29.5 Å². The van der Waals surface area contributed by atoms with Crippen molar-refractivity contribution in [2.45, 2.75) is 18.1 Å². The lowest BCUT2D eigenvalue weighted by atomic mass is 9.82. The molecular weight excluding hydrogens is 240 g/mol. The van der Waals surface area contributed by atoms with Crippen molar-refractivity contribution in [2.75, 3.05) is 13.1 Å². The van der Waals surface area contributed by atoms with Gasteiger partial charge in [-0.05, 0) is 0 Å². The van der Waals surface area contributed by atoms with Gasteiger partial charge in [0.25, 0.3) is 5.91 Å². The summed E-state index contributed by atoms with van der Waals surface area (Å²) in [5.41, 5.74) is 0. The molecule has 0 spiro atoms. The first-order chi connectivity index (χ1) is 8.61. The molecule has 0 aromatic heterocycles. The predicted octanol–water partition coefficient (Wildman–Crippen LogP) is -2.75. The Kier molecular flexibility index (Phi) is 1.61. The third-order valence-corrected chi connectivity index (χ3v) is 4.14. The fraction of sp³-hybridized carbons (Fsp3) is 0.600. The quantitative estimate of drug-likeness (QED) is 0.388. The van der Waals surface area contributed by atoms with Gasteiger partial charge in [0, 0.05) is 13.1 Å². The highest BCUT2D eigenvalue weighted by atomic mass is 16.2. The Morgan fingerprint density at radius 2 is 1.72 bits per heavy atom. The number of amides is 5. The van der Waals surface area contributed by atoms with Gasteiger partial charge in [-0.2, -0.15) is 0 Å². The highest BCUT2D eigenvalue weighted by molar-refractivity contribution is 6.18. The van der Waals surface area contributed by atoms with Crippen molar-refractivity contribution in [3.63, 3.8) is 0 Å². The zero-order valence-corrected chi connectivity index (χ0v) is 9.25. The first-order valence-electron chi connectivity index (χ1n) is 5.82. The summed E-state index contributed by atoms with van der Waals surface area (Å²) in [4.78, 5) is 49.8. The molecule has 0 aliphatic carbocycles. The molecule has 2 N–H and O–H groups in total. The van der Waals surface area contributed by atoms with E-state index in [1.54, 1.807) is 0 Å². The third kappa shape index (κ3) is 0.882. The van der Waals surface area contributed by atoms with Crippen molar-refractivity contribution < 1.29 is 19.2 Å². The number of urea groups is 1. The van der Waals surface area contributed by atoms with E-state index in [1.165, 1.54) is 9.80 Å². The number of carbonyl (C=O) groups excluding carboxylic acids is 4. The fourth-order valence-corrected chi connectivity index (χ4v) is 3.11. The first-order valence-corrected chi connectivity index (χ1v) is 5.82. The van der Waals surface area contributed by atoms with Crippen molar-refractivity contribution in [3.8, 4) is 0 Å². The highest BCUT2D eigenvalue weighted by Crippen LogP contribution is 2.43. The van der Waals surface area contributed by atoms with Crippen LogP contribution in [0.4, 0.5) is 4.79 Å². The molecule has 4 saturated heterocycles. The van der Waals surface area contributed by atoms with Crippen LogP contribution in [-0.2, 0) is 14.4 Å². The zero-order chi connectivity index (χ0) is 12.6. The lowest BCUT2D eigenvalue weighted by molar-refractivity contribution is -0.143. The lowest BCUT2D eigenvalue weighted by Gasteiger charge is -2.41. The molecule has 4 fully saturated rings. The maximum atomic E-state index is 12.2. The molecule has 94 valence electrons. The number of hydrogen-bond acceptors (Lipinski definition) is 5. The third-order valence-electron chi connectivity index (χ3n) is 4.14. The molecule has 4 rings (SSSR count). The minimum atomic E-state index is -0.781. The van der Waals surface area contributed by atoms with Crippen LogP contribution >= 0.6 is 0 Å². The van der Waals surface area contributed by atoms with E-state index in [2.05, 4.69) is 10.6 Å². The Bertz CT molecular complexity index is 476. The molecule has 4 aliphatic heterocycles. The maximum absolute atomic E-state index is 12.2. The maximum Gasteiger partial charge on any atom is 0.328 e. The molecule has 18 heavy (non-hydrogen) atoms. The minimum Gasteiger partial charge on any atom is -0.312 e. The topological polar surface area (TPSA) is 98.8 Å². The first kappa shape index (κ1) is 10.0. The van der Waals surface area contributed by atoms with Crippen molar-refractivity contribution in [1.29, 1.82) is 0 Å². The Morgan fingerprint density at radius 1 is 1.00 bits per heavy atom. The van der Waals surface area contributed by atoms with Crippen molar-refractivity contribution in [3.05, 3.63) is 0 Å². The van der Waals surface area contributed by atoms with Crippen molar-refractivity contribution in [2.24, 2.45) is 5.92 Å². The van der Waals surface area contributed by atoms with Crippen LogP contribution in [0.1, 0.15) is 0 Å². The molecule has 5 amide bonds. The zero-order valence-electron chi connectivity index (χ0n) is 9.25. The van der Waals surface area contributed by atoms with E-state index in [0.717, 1.165) is 0 Å². The van der Waals surface area contributed by atoms with Gasteiger partial charge in [0.2, 0.25) is 11.8 Å². The molecule has 3 unspecified atom stereocenters. The predicted molar refractivity (Wildman–Crippen MR) is 55.0 cm³/mol. The number of carbonyl (C=O) groups is 4. The largest absolute Gasteiger partial charge is 0.328 e. The van der Waals surface area contributed by atoms with Crippen LogP contribution in [0.2, 0.25) is 0 Å². The van der Waals surface area contributed by atoms with Crippen molar-refractivity contribution in [1.82, 2.24) is 20.4 Å². The lowest BCUT2D eigenvalue weighted by Crippen LogP contribution is -2.65. The van der Waals surface area contributed by atoms with Gasteiger partial charge in [0.15, 0.2) is 0 Å². The number of imide groups is 2. The molecule has 0 radical (unpaired) electrons. The second-order valence-corrected chi connectivity index (χ2v) is 4.98. The standard InChI is InChI=1S/C10H10N4O4/c15-7-4-5(8(16)12-7)14-6(4)9(17)13(10(14)18)3-1-11-2-3/h3-6,11H,1-2H2,(H,12,15,16). The summed E-state index contributed by atoms with van der Waals surface area (Å²) in [5, 5.41) is 5.15. The van der Waals surface area contributed by atoms with E-state index in [0.29, 0.717) is 13.1 Å². The number of hydrogen-bond donors (Lipinski definition) is 2. The summed E-state index contributed by atoms with van der Waals surface area (Å²) in [7, 11) is 0. The monoisotopic (exact) mass is 250 g/mol. The van der Waals surface area contributed by atoms with Gasteiger partial charge in [0.05, 0.1) is 12.0 Å². The van der Waals surface area contributed by atoms with Gasteiger partial charge in [-0.1, -0.05) is 0 Å². The molecular formula is C10H10N4O4. The van der Waals surface area contributed by atoms with Crippen LogP contribution < -0.4 is 10.6 Å². The molecule has 3 atom stereocenters. The summed E-state index contributed by atoms with van der Waals surface area (Å²) < 4.78 is 0. The average molecular weight is 250 g/mol. The Labute approximate surface area is 101 Å². The van der Waals surface area contributed by atoms with Gasteiger partial charge >= 0.3 is 6.03 Å². The number of nitrogens with one attached hydrogen (secondary N) is 2. The number of nitrogens with zero attached hydrogens (tertiary/aromatic N) is 2. The Balaban J connectivity index is 1.69. The van der Waals surface area contributed by atoms with Gasteiger partial charge in [-0.25, -0.2) is 4.79 Å². The Hall–Kier alpha value is -1.96. The fourth-order valence-electron chi connectivity index (χ4n) is 3.11. The van der Waals surface area contributed by atoms with E-state index in [1.807, 2.05) is 0 Å². The van der Waals surface area contributed by atoms with Gasteiger partial charge < -0.3 is 5.32 Å². The van der Waals surface area contributed by atoms with Crippen LogP contribution in [0, 0.1) is 5.92 Å². The molecule has 8 heteroatoms. The Morgan fingerprint density at radius 3 is 2.33 bits per heavy atom. The molecule has 8 nitrogen and oxygen atoms in total. The second kappa shape index (κ2) is 2.89. The summed E-state index contributed by atoms with van der Waals surface area (Å²) >= 11 is 0. The SMILES string of the molecule is O=C1NC(=O)C2C1C1C(=O)N(C3CNC3)C(=O)N21. The van der Waals surface area contributed by atoms with Gasteiger partial charge in [0.1, 0.15) is 12.1 Å². The van der Waals surface area contributed by atoms with Crippen LogP contribution in [-0.4, -0.2) is 64.8 Å². The van der Waals surface area contributed by atoms with E-state index in [9.17, 15) is 19.2 Å². The number of rotatable bonds is 1. The van der Waals surface area contributed by atoms with E-state index >= 15 is 0 Å². The second-order valence-electron chi connectivity index (χ2n) is 4.98. The molecule has 0 aromatic carbocycles. The van der Waals surface area contributed by atoms with Gasteiger partial charge in [-0.15, -0.1) is 0 Å². The summed E-state index contributed by atoms with van der Waals surface area (Å²) in [6.45, 7) is 1.15. The number of fused-ring (bicyclic) bond motifs is 4. The van der Waals surface area contributed by atoms with Crippen LogP contribution in [0.25, 0.3) is 0 Å². The normalized spacial score (nSPS) is 38.3. The van der Waals surface area contributed by atoms with Crippen molar-refractivity contribution >= 4 is 23.8 Å². The molecule has 0 aromatic rings. The minimum absolute atomic E-state index is 0.144. The van der Waals surface area contributed by atoms with Crippen LogP contribution in [0.5, 0.6) is 0 Å². The average Bonchev–Trinajstić information content (AvgIpc) is 2.51. The summed E-state index contributed by atoms with van der Waals surface area (Å²) in [6.07, 6.45) is 0. The van der Waals surface area contributed by atoms with Crippen LogP contribution in [0.3, 0.4) is 0 Å². The smallest absolute Gasteiger partial charge is 0.312 e. The molecule has 4 heterocycles. The summed E-state index contributed by atoms with van der Waals surface area (Å²) in [5.74, 6) is -1.96. The van der Waals surface area contributed by atoms with Crippen LogP contribution in [0.15, 0.2) is 0 Å². The van der Waals surface area contributed by atoms with E-state index in [-0.39, 0.29) is 11.9 Å². The summed E-state index contributed by atoms with van der Waals surface area (Å²) in [6, 6.07) is -2.14. The molecule has 0 bridgehead atoms. The van der Waals surface area contributed by atoms with E-state index in [4.69, 9.17) is 0 Å². The molecule has 4 aliphatic rings. The van der Waals surface area contributed by atoms with E-state index < -0.39 is 35.8 Å². The molecule has 0 saturated carbocycles.